The molecule has 2 fully saturated rings. The highest BCUT2D eigenvalue weighted by molar-refractivity contribution is 6.02. The Morgan fingerprint density at radius 3 is 1.59 bits per heavy atom. The summed E-state index contributed by atoms with van der Waals surface area (Å²) in [6.45, 7) is 19.0. The van der Waals surface area contributed by atoms with E-state index in [1.807, 2.05) is 0 Å². The topological polar surface area (TPSA) is 3.24 Å². The Morgan fingerprint density at radius 2 is 0.946 bits per heavy atom. The Morgan fingerprint density at radius 1 is 0.419 bits per heavy atom. The molecule has 3 unspecified atom stereocenters. The van der Waals surface area contributed by atoms with Gasteiger partial charge in [0, 0.05) is 27.8 Å². The molecule has 2 spiro atoms. The van der Waals surface area contributed by atoms with Gasteiger partial charge in [0.1, 0.15) is 0 Å². The summed E-state index contributed by atoms with van der Waals surface area (Å²) < 4.78 is 0. The molecule has 74 heavy (non-hydrogen) atoms. The Bertz CT molecular complexity index is 3800. The van der Waals surface area contributed by atoms with Gasteiger partial charge >= 0.3 is 0 Å². The van der Waals surface area contributed by atoms with Crippen molar-refractivity contribution in [2.24, 2.45) is 11.8 Å². The average Bonchev–Trinajstić information content (AvgIpc) is 4.36. The molecule has 362 valence electrons. The van der Waals surface area contributed by atoms with Crippen LogP contribution in [-0.2, 0) is 27.1 Å². The van der Waals surface area contributed by atoms with Crippen molar-refractivity contribution in [2.75, 3.05) is 4.90 Å². The summed E-state index contributed by atoms with van der Waals surface area (Å²) in [4.78, 5) is 2.64. The molecule has 6 aliphatic rings. The van der Waals surface area contributed by atoms with Gasteiger partial charge in [0.2, 0.25) is 0 Å². The first kappa shape index (κ1) is 44.3. The van der Waals surface area contributed by atoms with Crippen LogP contribution in [0, 0.1) is 11.8 Å². The molecule has 0 radical (unpaired) electrons. The van der Waals surface area contributed by atoms with E-state index < -0.39 is 5.41 Å². The monoisotopic (exact) mass is 956 g/mol. The van der Waals surface area contributed by atoms with E-state index >= 15 is 0 Å². The minimum Gasteiger partial charge on any atom is -0.310 e. The number of anilines is 3. The zero-order valence-corrected chi connectivity index (χ0v) is 44.3. The maximum atomic E-state index is 2.65. The molecule has 6 aliphatic carbocycles. The van der Waals surface area contributed by atoms with E-state index in [1.165, 1.54) is 143 Å². The van der Waals surface area contributed by atoms with Crippen molar-refractivity contribution in [1.29, 1.82) is 0 Å². The molecule has 3 atom stereocenters. The maximum Gasteiger partial charge on any atom is 0.0726 e. The zero-order chi connectivity index (χ0) is 50.3. The van der Waals surface area contributed by atoms with E-state index in [4.69, 9.17) is 0 Å². The van der Waals surface area contributed by atoms with Crippen molar-refractivity contribution < 1.29 is 0 Å². The first-order valence-electron chi connectivity index (χ1n) is 27.6. The summed E-state index contributed by atoms with van der Waals surface area (Å²) in [7, 11) is 0. The van der Waals surface area contributed by atoms with Crippen molar-refractivity contribution in [2.45, 2.75) is 108 Å². The van der Waals surface area contributed by atoms with Gasteiger partial charge in [-0.2, -0.15) is 0 Å². The second kappa shape index (κ2) is 15.0. The van der Waals surface area contributed by atoms with Gasteiger partial charge in [-0.15, -0.1) is 0 Å². The molecule has 9 aromatic carbocycles. The largest absolute Gasteiger partial charge is 0.310 e. The van der Waals surface area contributed by atoms with Crippen molar-refractivity contribution >= 4 is 17.1 Å². The highest BCUT2D eigenvalue weighted by Crippen LogP contribution is 2.68. The van der Waals surface area contributed by atoms with Crippen LogP contribution in [0.1, 0.15) is 137 Å². The van der Waals surface area contributed by atoms with Crippen LogP contribution in [0.15, 0.2) is 188 Å². The SMILES string of the molecule is CC(C)(C)c1ccc2c(c1)C1(c3cc(C(C)(C)C)ccc3-2)c2ccccc2-c2c(N(c3ccc(-c4cccc5c4C(C)(C)c4ccccc4-5)cc3)c3ccc4c(c3)C3(CC5CCC3C5)c3ccccc3-4)cccc21. The second-order valence-corrected chi connectivity index (χ2v) is 25.6. The first-order chi connectivity index (χ1) is 35.7. The Labute approximate surface area is 439 Å². The second-order valence-electron chi connectivity index (χ2n) is 25.6. The van der Waals surface area contributed by atoms with Crippen LogP contribution >= 0.6 is 0 Å². The lowest BCUT2D eigenvalue weighted by molar-refractivity contribution is 0.327. The van der Waals surface area contributed by atoms with Crippen molar-refractivity contribution in [3.8, 4) is 55.6 Å². The smallest absolute Gasteiger partial charge is 0.0726 e. The Kier molecular flexibility index (Phi) is 8.96. The first-order valence-corrected chi connectivity index (χ1v) is 27.6. The molecule has 0 aromatic heterocycles. The number of benzene rings is 9. The molecule has 0 aliphatic heterocycles. The van der Waals surface area contributed by atoms with Crippen LogP contribution in [0.3, 0.4) is 0 Å². The highest BCUT2D eigenvalue weighted by Gasteiger charge is 2.57. The van der Waals surface area contributed by atoms with E-state index in [2.05, 4.69) is 248 Å². The standard InChI is InChI=1S/C73H65N/c1-69(2,3)46-31-36-55-56-37-32-47(70(4,5)6)41-65(56)73(64(55)40-46)61-24-14-11-19-58(61)67-62(73)25-16-26-66(67)74(50-35-38-54-52-17-10-13-23-60(52)72(63(54)42-50)43-44-27-30-48(72)39-44)49-33-28-45(29-34-49)51-20-15-21-57-53-18-9-12-22-59(53)71(7,8)68(51)57/h9-26,28-29,31-38,40-42,44,48H,27,30,39,43H2,1-8H3. The van der Waals surface area contributed by atoms with E-state index in [0.717, 1.165) is 5.92 Å². The van der Waals surface area contributed by atoms with Gasteiger partial charge in [-0.1, -0.05) is 220 Å². The van der Waals surface area contributed by atoms with Crippen LogP contribution in [0.2, 0.25) is 0 Å². The minimum atomic E-state index is -0.505. The van der Waals surface area contributed by atoms with Gasteiger partial charge in [0.05, 0.1) is 11.1 Å². The number of hydrogen-bond donors (Lipinski definition) is 0. The fourth-order valence-electron chi connectivity index (χ4n) is 16.2. The van der Waals surface area contributed by atoms with Gasteiger partial charge in [-0.25, -0.2) is 0 Å². The van der Waals surface area contributed by atoms with E-state index in [-0.39, 0.29) is 21.7 Å². The lowest BCUT2D eigenvalue weighted by Crippen LogP contribution is -2.32. The van der Waals surface area contributed by atoms with Gasteiger partial charge < -0.3 is 4.90 Å². The molecule has 2 bridgehead atoms. The normalized spacial score (nSPS) is 20.2. The average molecular weight is 956 g/mol. The van der Waals surface area contributed by atoms with E-state index in [9.17, 15) is 0 Å². The third-order valence-corrected chi connectivity index (χ3v) is 19.5. The van der Waals surface area contributed by atoms with Crippen molar-refractivity contribution in [3.63, 3.8) is 0 Å². The fraction of sp³-hybridized carbons (Fsp3) is 0.260. The molecule has 2 saturated carbocycles. The third-order valence-electron chi connectivity index (χ3n) is 19.5. The molecule has 0 N–H and O–H groups in total. The number of fused-ring (bicyclic) bond motifs is 21. The molecule has 0 heterocycles. The summed E-state index contributed by atoms with van der Waals surface area (Å²) in [5, 5.41) is 0. The van der Waals surface area contributed by atoms with Crippen LogP contribution in [0.25, 0.3) is 55.6 Å². The van der Waals surface area contributed by atoms with Crippen molar-refractivity contribution in [1.82, 2.24) is 0 Å². The summed E-state index contributed by atoms with van der Waals surface area (Å²) >= 11 is 0. The fourth-order valence-corrected chi connectivity index (χ4v) is 16.2. The van der Waals surface area contributed by atoms with E-state index in [1.54, 1.807) is 11.1 Å². The molecule has 1 nitrogen and oxygen atoms in total. The summed E-state index contributed by atoms with van der Waals surface area (Å²) in [5.41, 5.74) is 30.7. The number of nitrogens with zero attached hydrogens (tertiary/aromatic N) is 1. The predicted octanol–water partition coefficient (Wildman–Crippen LogP) is 19.2. The Hall–Kier alpha value is -7.22. The summed E-state index contributed by atoms with van der Waals surface area (Å²) in [6.07, 6.45) is 5.29. The zero-order valence-electron chi connectivity index (χ0n) is 44.3. The predicted molar refractivity (Wildman–Crippen MR) is 309 cm³/mol. The van der Waals surface area contributed by atoms with Crippen LogP contribution in [0.4, 0.5) is 17.1 Å². The number of hydrogen-bond acceptors (Lipinski definition) is 1. The molecular formula is C73H65N. The van der Waals surface area contributed by atoms with Crippen molar-refractivity contribution in [3.05, 3.63) is 244 Å². The van der Waals surface area contributed by atoms with Gasteiger partial charge in [0.15, 0.2) is 0 Å². The molecule has 0 saturated heterocycles. The van der Waals surface area contributed by atoms with Gasteiger partial charge in [-0.05, 0) is 178 Å². The highest BCUT2D eigenvalue weighted by atomic mass is 15.1. The molecule has 0 amide bonds. The van der Waals surface area contributed by atoms with Crippen LogP contribution in [-0.4, -0.2) is 0 Å². The van der Waals surface area contributed by atoms with E-state index in [0.29, 0.717) is 5.92 Å². The Balaban J connectivity index is 0.983. The lowest BCUT2D eigenvalue weighted by Gasteiger charge is -2.37. The summed E-state index contributed by atoms with van der Waals surface area (Å²) in [5.74, 6) is 1.47. The lowest BCUT2D eigenvalue weighted by atomic mass is 9.67. The quantitative estimate of drug-likeness (QED) is 0.170. The molecule has 1 heteroatoms. The molecule has 9 aromatic rings. The molecule has 15 rings (SSSR count). The summed E-state index contributed by atoms with van der Waals surface area (Å²) in [6, 6.07) is 74.1. The van der Waals surface area contributed by atoms with Gasteiger partial charge in [-0.3, -0.25) is 0 Å². The van der Waals surface area contributed by atoms with Crippen LogP contribution < -0.4 is 4.90 Å². The van der Waals surface area contributed by atoms with Gasteiger partial charge in [0.25, 0.3) is 0 Å². The molecular weight excluding hydrogens is 891 g/mol. The van der Waals surface area contributed by atoms with Crippen LogP contribution in [0.5, 0.6) is 0 Å². The number of rotatable bonds is 4. The minimum absolute atomic E-state index is 0.0176. The third kappa shape index (κ3) is 5.71. The maximum absolute atomic E-state index is 2.65.